The number of carboxylic acids is 1. The number of aromatic carboxylic acids is 1. The average molecular weight is 281 g/mol. The van der Waals surface area contributed by atoms with E-state index >= 15 is 0 Å². The summed E-state index contributed by atoms with van der Waals surface area (Å²) < 4.78 is 0. The number of carboxylic acid groups (broad SMARTS) is 1. The number of carbonyl (C=O) groups excluding carboxylic acids is 1. The number of aromatic amines is 1. The van der Waals surface area contributed by atoms with E-state index in [1.54, 1.807) is 6.92 Å². The fourth-order valence-corrected chi connectivity index (χ4v) is 1.72. The van der Waals surface area contributed by atoms with Crippen molar-refractivity contribution < 1.29 is 14.7 Å². The molecule has 0 spiro atoms. The van der Waals surface area contributed by atoms with Crippen LogP contribution in [0.4, 0.5) is 5.69 Å². The second-order valence-corrected chi connectivity index (χ2v) is 4.07. The molecule has 0 radical (unpaired) electrons. The largest absolute Gasteiger partial charge is 0.478 e. The number of carbonyl (C=O) groups is 2. The van der Waals surface area contributed by atoms with Crippen molar-refractivity contribution in [3.8, 4) is 0 Å². The summed E-state index contributed by atoms with van der Waals surface area (Å²) in [7, 11) is 0. The number of aromatic nitrogens is 3. The van der Waals surface area contributed by atoms with Crippen molar-refractivity contribution in [1.29, 1.82) is 0 Å². The maximum absolute atomic E-state index is 11.8. The van der Waals surface area contributed by atoms with Crippen molar-refractivity contribution in [3.63, 3.8) is 0 Å². The van der Waals surface area contributed by atoms with Gasteiger partial charge in [0.1, 0.15) is 11.4 Å². The van der Waals surface area contributed by atoms with Crippen molar-refractivity contribution in [2.75, 3.05) is 5.32 Å². The first-order chi connectivity index (χ1) is 8.99. The van der Waals surface area contributed by atoms with E-state index in [0.717, 1.165) is 0 Å². The van der Waals surface area contributed by atoms with E-state index in [1.165, 1.54) is 18.2 Å². The predicted octanol–water partition coefficient (Wildman–Crippen LogP) is 1.72. The van der Waals surface area contributed by atoms with Crippen LogP contribution in [0.1, 0.15) is 26.8 Å². The Hall–Kier alpha value is -2.41. The van der Waals surface area contributed by atoms with Crippen molar-refractivity contribution in [2.24, 2.45) is 0 Å². The first-order valence-electron chi connectivity index (χ1n) is 5.21. The third kappa shape index (κ3) is 2.71. The number of anilines is 1. The van der Waals surface area contributed by atoms with Gasteiger partial charge in [0.05, 0.1) is 10.7 Å². The van der Waals surface area contributed by atoms with Gasteiger partial charge in [-0.1, -0.05) is 17.7 Å². The summed E-state index contributed by atoms with van der Waals surface area (Å²) in [5.74, 6) is -1.44. The number of nitrogens with one attached hydrogen (secondary N) is 2. The predicted molar refractivity (Wildman–Crippen MR) is 67.5 cm³/mol. The summed E-state index contributed by atoms with van der Waals surface area (Å²) >= 11 is 5.79. The Morgan fingerprint density at radius 2 is 2.16 bits per heavy atom. The number of nitrogens with zero attached hydrogens (tertiary/aromatic N) is 2. The third-order valence-electron chi connectivity index (χ3n) is 2.28. The molecule has 0 aliphatic carbocycles. The summed E-state index contributed by atoms with van der Waals surface area (Å²) in [5.41, 5.74) is -0.0859. The molecule has 3 N–H and O–H groups in total. The van der Waals surface area contributed by atoms with E-state index in [0.29, 0.717) is 5.82 Å². The molecular weight excluding hydrogens is 272 g/mol. The fraction of sp³-hybridized carbons (Fsp3) is 0.0909. The molecule has 1 aromatic carbocycles. The van der Waals surface area contributed by atoms with Crippen molar-refractivity contribution >= 4 is 29.2 Å². The first kappa shape index (κ1) is 13.0. The second kappa shape index (κ2) is 5.07. The molecule has 98 valence electrons. The van der Waals surface area contributed by atoms with Crippen LogP contribution in [0.15, 0.2) is 18.2 Å². The Morgan fingerprint density at radius 1 is 1.42 bits per heavy atom. The molecule has 0 bridgehead atoms. The fourth-order valence-electron chi connectivity index (χ4n) is 1.47. The smallest absolute Gasteiger partial charge is 0.339 e. The van der Waals surface area contributed by atoms with Crippen LogP contribution in [0, 0.1) is 6.92 Å². The molecular formula is C11H9ClN4O3. The van der Waals surface area contributed by atoms with Crippen molar-refractivity contribution in [3.05, 3.63) is 40.4 Å². The lowest BCUT2D eigenvalue weighted by molar-refractivity contribution is 0.0698. The molecule has 0 fully saturated rings. The Bertz CT molecular complexity index is 653. The maximum atomic E-state index is 11.8. The number of hydrogen-bond acceptors (Lipinski definition) is 4. The molecule has 0 unspecified atom stereocenters. The molecule has 0 saturated heterocycles. The van der Waals surface area contributed by atoms with E-state index in [1.807, 2.05) is 0 Å². The first-order valence-corrected chi connectivity index (χ1v) is 5.59. The topological polar surface area (TPSA) is 108 Å². The van der Waals surface area contributed by atoms with Gasteiger partial charge in [-0.05, 0) is 19.1 Å². The van der Waals surface area contributed by atoms with Crippen molar-refractivity contribution in [2.45, 2.75) is 6.92 Å². The molecule has 1 heterocycles. The van der Waals surface area contributed by atoms with Gasteiger partial charge in [0.15, 0.2) is 0 Å². The van der Waals surface area contributed by atoms with Crippen LogP contribution >= 0.6 is 11.6 Å². The highest BCUT2D eigenvalue weighted by atomic mass is 35.5. The molecule has 7 nitrogen and oxygen atoms in total. The number of amides is 1. The van der Waals surface area contributed by atoms with E-state index in [-0.39, 0.29) is 22.1 Å². The van der Waals surface area contributed by atoms with Crippen LogP contribution in [-0.2, 0) is 0 Å². The summed E-state index contributed by atoms with van der Waals surface area (Å²) in [5, 5.41) is 17.7. The highest BCUT2D eigenvalue weighted by molar-refractivity contribution is 6.34. The monoisotopic (exact) mass is 280 g/mol. The van der Waals surface area contributed by atoms with Gasteiger partial charge in [0.2, 0.25) is 5.82 Å². The van der Waals surface area contributed by atoms with E-state index in [9.17, 15) is 9.59 Å². The quantitative estimate of drug-likeness (QED) is 0.793. The van der Waals surface area contributed by atoms with Crippen LogP contribution in [0.2, 0.25) is 5.02 Å². The van der Waals surface area contributed by atoms with E-state index in [2.05, 4.69) is 20.5 Å². The summed E-state index contributed by atoms with van der Waals surface area (Å²) in [6.45, 7) is 1.64. The van der Waals surface area contributed by atoms with Gasteiger partial charge in [-0.25, -0.2) is 9.78 Å². The number of aryl methyl sites for hydroxylation is 1. The van der Waals surface area contributed by atoms with Gasteiger partial charge >= 0.3 is 5.97 Å². The Morgan fingerprint density at radius 3 is 2.74 bits per heavy atom. The van der Waals surface area contributed by atoms with E-state index < -0.39 is 11.9 Å². The minimum atomic E-state index is -1.23. The van der Waals surface area contributed by atoms with Crippen LogP contribution < -0.4 is 5.32 Å². The zero-order chi connectivity index (χ0) is 14.0. The van der Waals surface area contributed by atoms with Gasteiger partial charge in [0, 0.05) is 0 Å². The number of H-pyrrole nitrogens is 1. The average Bonchev–Trinajstić information content (AvgIpc) is 2.75. The third-order valence-corrected chi connectivity index (χ3v) is 2.59. The summed E-state index contributed by atoms with van der Waals surface area (Å²) in [4.78, 5) is 26.8. The Labute approximate surface area is 112 Å². The van der Waals surface area contributed by atoms with Crippen LogP contribution in [0.25, 0.3) is 0 Å². The van der Waals surface area contributed by atoms with Crippen LogP contribution in [-0.4, -0.2) is 32.2 Å². The summed E-state index contributed by atoms with van der Waals surface area (Å²) in [6, 6.07) is 4.40. The van der Waals surface area contributed by atoms with Crippen LogP contribution in [0.3, 0.4) is 0 Å². The molecule has 1 aromatic heterocycles. The molecule has 1 amide bonds. The standard InChI is InChI=1S/C11H9ClN4O3/c1-5-13-9(16-15-5)10(17)14-7-4-2-3-6(12)8(7)11(18)19/h2-4H,1H3,(H,14,17)(H,18,19)(H,13,15,16). The maximum Gasteiger partial charge on any atom is 0.339 e. The Balaban J connectivity index is 2.31. The zero-order valence-electron chi connectivity index (χ0n) is 9.77. The lowest BCUT2D eigenvalue weighted by Gasteiger charge is -2.07. The van der Waals surface area contributed by atoms with Gasteiger partial charge in [0.25, 0.3) is 5.91 Å². The molecule has 0 saturated carbocycles. The molecule has 0 aliphatic heterocycles. The van der Waals surface area contributed by atoms with Crippen molar-refractivity contribution in [1.82, 2.24) is 15.2 Å². The molecule has 0 aliphatic rings. The van der Waals surface area contributed by atoms with Gasteiger partial charge in [-0.2, -0.15) is 0 Å². The van der Waals surface area contributed by atoms with E-state index in [4.69, 9.17) is 16.7 Å². The zero-order valence-corrected chi connectivity index (χ0v) is 10.5. The molecule has 8 heteroatoms. The van der Waals surface area contributed by atoms with Gasteiger partial charge in [-0.15, -0.1) is 5.10 Å². The lowest BCUT2D eigenvalue weighted by atomic mass is 10.1. The molecule has 19 heavy (non-hydrogen) atoms. The number of halogens is 1. The minimum Gasteiger partial charge on any atom is -0.478 e. The molecule has 2 aromatic rings. The second-order valence-electron chi connectivity index (χ2n) is 3.67. The number of rotatable bonds is 3. The van der Waals surface area contributed by atoms with Gasteiger partial charge < -0.3 is 10.4 Å². The molecule has 2 rings (SSSR count). The SMILES string of the molecule is Cc1nc(C(=O)Nc2cccc(Cl)c2C(=O)O)n[nH]1. The van der Waals surface area contributed by atoms with Crippen LogP contribution in [0.5, 0.6) is 0 Å². The minimum absolute atomic E-state index is 0.0384. The number of hydrogen-bond donors (Lipinski definition) is 3. The summed E-state index contributed by atoms with van der Waals surface area (Å²) in [6.07, 6.45) is 0. The highest BCUT2D eigenvalue weighted by Gasteiger charge is 2.18. The normalized spacial score (nSPS) is 10.2. The van der Waals surface area contributed by atoms with Gasteiger partial charge in [-0.3, -0.25) is 9.89 Å². The lowest BCUT2D eigenvalue weighted by Crippen LogP contribution is -2.16. The Kier molecular flexibility index (Phi) is 3.48. The molecule has 0 atom stereocenters. The highest BCUT2D eigenvalue weighted by Crippen LogP contribution is 2.24. The number of benzene rings is 1.